The van der Waals surface area contributed by atoms with Crippen LogP contribution in [0.15, 0.2) is 36.5 Å². The van der Waals surface area contributed by atoms with Crippen LogP contribution < -0.4 is 5.32 Å². The number of carbonyl (C=O) groups excluding carboxylic acids is 1. The number of nitro groups is 1. The van der Waals surface area contributed by atoms with Crippen molar-refractivity contribution in [1.29, 1.82) is 0 Å². The van der Waals surface area contributed by atoms with Gasteiger partial charge >= 0.3 is 0 Å². The third kappa shape index (κ3) is 2.77. The highest BCUT2D eigenvalue weighted by Gasteiger charge is 2.15. The quantitative estimate of drug-likeness (QED) is 0.530. The molecule has 6 nitrogen and oxygen atoms in total. The zero-order valence-electron chi connectivity index (χ0n) is 10.5. The first-order chi connectivity index (χ1) is 9.49. The number of benzene rings is 1. The van der Waals surface area contributed by atoms with Crippen molar-refractivity contribution < 1.29 is 14.1 Å². The van der Waals surface area contributed by atoms with E-state index < -0.39 is 16.8 Å². The molecule has 0 bridgehead atoms. The minimum Gasteiger partial charge on any atom is -0.321 e. The molecule has 1 aromatic heterocycles. The number of nitrogens with one attached hydrogen (secondary N) is 1. The predicted molar refractivity (Wildman–Crippen MR) is 70.0 cm³/mol. The molecule has 0 aliphatic carbocycles. The van der Waals surface area contributed by atoms with Gasteiger partial charge < -0.3 is 5.32 Å². The van der Waals surface area contributed by atoms with Crippen LogP contribution in [-0.4, -0.2) is 15.8 Å². The first-order valence-corrected chi connectivity index (χ1v) is 5.66. The SMILES string of the molecule is Cc1ccc([N+](=O)[O-])cc1NC(=O)c1cccnc1F. The largest absolute Gasteiger partial charge is 0.321 e. The molecule has 0 radical (unpaired) electrons. The molecule has 0 spiro atoms. The number of amides is 1. The lowest BCUT2D eigenvalue weighted by molar-refractivity contribution is -0.384. The zero-order chi connectivity index (χ0) is 14.7. The summed E-state index contributed by atoms with van der Waals surface area (Å²) in [5, 5.41) is 13.1. The van der Waals surface area contributed by atoms with Crippen LogP contribution in [0.3, 0.4) is 0 Å². The van der Waals surface area contributed by atoms with Crippen LogP contribution in [0.25, 0.3) is 0 Å². The highest BCUT2D eigenvalue weighted by Crippen LogP contribution is 2.22. The van der Waals surface area contributed by atoms with E-state index in [0.717, 1.165) is 0 Å². The number of nitro benzene ring substituents is 1. The van der Waals surface area contributed by atoms with Crippen molar-refractivity contribution in [3.63, 3.8) is 0 Å². The second-order valence-corrected chi connectivity index (χ2v) is 4.05. The number of aryl methyl sites for hydroxylation is 1. The normalized spacial score (nSPS) is 10.1. The summed E-state index contributed by atoms with van der Waals surface area (Å²) < 4.78 is 13.4. The van der Waals surface area contributed by atoms with E-state index in [0.29, 0.717) is 5.56 Å². The molecule has 1 amide bonds. The summed E-state index contributed by atoms with van der Waals surface area (Å²) in [6.07, 6.45) is 1.23. The smallest absolute Gasteiger partial charge is 0.271 e. The monoisotopic (exact) mass is 275 g/mol. The van der Waals surface area contributed by atoms with Crippen molar-refractivity contribution in [2.75, 3.05) is 5.32 Å². The molecule has 0 saturated heterocycles. The molecule has 0 aliphatic heterocycles. The van der Waals surface area contributed by atoms with Crippen LogP contribution in [0, 0.1) is 23.0 Å². The number of rotatable bonds is 3. The Morgan fingerprint density at radius 3 is 2.80 bits per heavy atom. The van der Waals surface area contributed by atoms with Crippen LogP contribution >= 0.6 is 0 Å². The van der Waals surface area contributed by atoms with Gasteiger partial charge in [0.1, 0.15) is 0 Å². The molecule has 0 unspecified atom stereocenters. The van der Waals surface area contributed by atoms with E-state index >= 15 is 0 Å². The number of pyridine rings is 1. The minimum absolute atomic E-state index is 0.155. The Kier molecular flexibility index (Phi) is 3.69. The molecule has 0 fully saturated rings. The predicted octanol–water partition coefficient (Wildman–Crippen LogP) is 2.69. The second kappa shape index (κ2) is 5.43. The van der Waals surface area contributed by atoms with E-state index in [9.17, 15) is 19.3 Å². The number of non-ortho nitro benzene ring substituents is 1. The highest BCUT2D eigenvalue weighted by molar-refractivity contribution is 6.04. The fraction of sp³-hybridized carbons (Fsp3) is 0.0769. The third-order valence-corrected chi connectivity index (χ3v) is 2.68. The van der Waals surface area contributed by atoms with Gasteiger partial charge in [-0.05, 0) is 24.6 Å². The van der Waals surface area contributed by atoms with Gasteiger partial charge in [-0.2, -0.15) is 4.39 Å². The number of anilines is 1. The van der Waals surface area contributed by atoms with E-state index in [2.05, 4.69) is 10.3 Å². The summed E-state index contributed by atoms with van der Waals surface area (Å²) in [5.74, 6) is -1.60. The number of nitrogens with zero attached hydrogens (tertiary/aromatic N) is 2. The molecule has 2 rings (SSSR count). The van der Waals surface area contributed by atoms with Gasteiger partial charge in [0.15, 0.2) is 0 Å². The van der Waals surface area contributed by atoms with Gasteiger partial charge in [-0.3, -0.25) is 14.9 Å². The Bertz CT molecular complexity index is 688. The van der Waals surface area contributed by atoms with Crippen LogP contribution in [0.5, 0.6) is 0 Å². The lowest BCUT2D eigenvalue weighted by atomic mass is 10.1. The molecule has 1 aromatic carbocycles. The van der Waals surface area contributed by atoms with E-state index in [4.69, 9.17) is 0 Å². The van der Waals surface area contributed by atoms with Crippen molar-refractivity contribution in [3.05, 3.63) is 63.7 Å². The number of hydrogen-bond donors (Lipinski definition) is 1. The van der Waals surface area contributed by atoms with Crippen LogP contribution in [0.4, 0.5) is 15.8 Å². The van der Waals surface area contributed by atoms with Crippen molar-refractivity contribution in [2.24, 2.45) is 0 Å². The third-order valence-electron chi connectivity index (χ3n) is 2.68. The van der Waals surface area contributed by atoms with Crippen LogP contribution in [0.2, 0.25) is 0 Å². The summed E-state index contributed by atoms with van der Waals surface area (Å²) >= 11 is 0. The standard InChI is InChI=1S/C13H10FN3O3/c1-8-4-5-9(17(19)20)7-11(8)16-13(18)10-3-2-6-15-12(10)14/h2-7H,1H3,(H,16,18). The number of hydrogen-bond acceptors (Lipinski definition) is 4. The van der Waals surface area contributed by atoms with Crippen molar-refractivity contribution in [1.82, 2.24) is 4.98 Å². The lowest BCUT2D eigenvalue weighted by Gasteiger charge is -2.08. The van der Waals surface area contributed by atoms with Gasteiger partial charge in [-0.25, -0.2) is 4.98 Å². The zero-order valence-corrected chi connectivity index (χ0v) is 10.5. The molecular weight excluding hydrogens is 265 g/mol. The summed E-state index contributed by atoms with van der Waals surface area (Å²) in [4.78, 5) is 25.4. The van der Waals surface area contributed by atoms with E-state index in [1.807, 2.05) is 0 Å². The number of aromatic nitrogens is 1. The summed E-state index contributed by atoms with van der Waals surface area (Å²) in [6, 6.07) is 6.77. The Hall–Kier alpha value is -2.83. The van der Waals surface area contributed by atoms with Gasteiger partial charge in [0.05, 0.1) is 16.2 Å². The maximum Gasteiger partial charge on any atom is 0.271 e. The molecule has 7 heteroatoms. The number of carbonyl (C=O) groups is 1. The molecule has 0 saturated carbocycles. The molecule has 1 heterocycles. The van der Waals surface area contributed by atoms with Gasteiger partial charge in [-0.1, -0.05) is 6.07 Å². The van der Waals surface area contributed by atoms with E-state index in [1.165, 1.54) is 36.5 Å². The van der Waals surface area contributed by atoms with Gasteiger partial charge in [-0.15, -0.1) is 0 Å². The maximum atomic E-state index is 13.4. The summed E-state index contributed by atoms with van der Waals surface area (Å²) in [7, 11) is 0. The number of halogens is 1. The molecule has 0 aliphatic rings. The Labute approximate surface area is 113 Å². The Balaban J connectivity index is 2.30. The topological polar surface area (TPSA) is 85.1 Å². The maximum absolute atomic E-state index is 13.4. The Morgan fingerprint density at radius 2 is 2.15 bits per heavy atom. The average Bonchev–Trinajstić information content (AvgIpc) is 2.41. The van der Waals surface area contributed by atoms with Crippen molar-refractivity contribution in [2.45, 2.75) is 6.92 Å². The molecular formula is C13H10FN3O3. The average molecular weight is 275 g/mol. The van der Waals surface area contributed by atoms with E-state index in [1.54, 1.807) is 6.92 Å². The fourth-order valence-electron chi connectivity index (χ4n) is 1.60. The molecule has 1 N–H and O–H groups in total. The molecule has 20 heavy (non-hydrogen) atoms. The van der Waals surface area contributed by atoms with Crippen molar-refractivity contribution >= 4 is 17.3 Å². The first-order valence-electron chi connectivity index (χ1n) is 5.66. The lowest BCUT2D eigenvalue weighted by Crippen LogP contribution is -2.15. The van der Waals surface area contributed by atoms with Gasteiger partial charge in [0.2, 0.25) is 5.95 Å². The second-order valence-electron chi connectivity index (χ2n) is 4.05. The highest BCUT2D eigenvalue weighted by atomic mass is 19.1. The van der Waals surface area contributed by atoms with Gasteiger partial charge in [0, 0.05) is 18.3 Å². The summed E-state index contributed by atoms with van der Waals surface area (Å²) in [5.41, 5.74) is 0.511. The molecule has 0 atom stereocenters. The van der Waals surface area contributed by atoms with E-state index in [-0.39, 0.29) is 16.9 Å². The fourth-order valence-corrected chi connectivity index (χ4v) is 1.60. The van der Waals surface area contributed by atoms with Crippen LogP contribution in [0.1, 0.15) is 15.9 Å². The summed E-state index contributed by atoms with van der Waals surface area (Å²) in [6.45, 7) is 1.68. The van der Waals surface area contributed by atoms with Crippen LogP contribution in [-0.2, 0) is 0 Å². The minimum atomic E-state index is -0.895. The molecule has 2 aromatic rings. The molecule has 102 valence electrons. The van der Waals surface area contributed by atoms with Crippen molar-refractivity contribution in [3.8, 4) is 0 Å². The first kappa shape index (κ1) is 13.6. The van der Waals surface area contributed by atoms with Gasteiger partial charge in [0.25, 0.3) is 11.6 Å². The Morgan fingerprint density at radius 1 is 1.40 bits per heavy atom.